The fraction of sp³-hybridized carbons (Fsp3) is 0.902. The van der Waals surface area contributed by atoms with Gasteiger partial charge in [-0.25, -0.2) is 0 Å². The molecule has 0 aliphatic heterocycles. The number of hydrogen-bond donors (Lipinski definition) is 3. The second-order valence-corrected chi connectivity index (χ2v) is 20.7. The molecule has 0 heterocycles. The molecule has 2 unspecified atom stereocenters. The lowest BCUT2D eigenvalue weighted by atomic mass is 10.0. The van der Waals surface area contributed by atoms with Crippen molar-refractivity contribution in [1.29, 1.82) is 0 Å². The molecule has 0 aliphatic rings. The number of ether oxygens (including phenoxy) is 1. The van der Waals surface area contributed by atoms with Gasteiger partial charge in [-0.2, -0.15) is 0 Å². The Morgan fingerprint density at radius 1 is 0.403 bits per heavy atom. The summed E-state index contributed by atoms with van der Waals surface area (Å²) in [7, 11) is 0. The monoisotopic (exact) mass is 944 g/mol. The third-order valence-electron chi connectivity index (χ3n) is 14.0. The highest BCUT2D eigenvalue weighted by molar-refractivity contribution is 5.76. The third-order valence-corrected chi connectivity index (χ3v) is 14.0. The molecule has 6 heteroatoms. The number of aliphatic hydroxyl groups is 2. The summed E-state index contributed by atoms with van der Waals surface area (Å²) in [6.07, 6.45) is 69.1. The maximum Gasteiger partial charge on any atom is 0.305 e. The highest BCUT2D eigenvalue weighted by Gasteiger charge is 2.20. The van der Waals surface area contributed by atoms with Crippen molar-refractivity contribution >= 4 is 11.9 Å². The van der Waals surface area contributed by atoms with Crippen LogP contribution in [0, 0.1) is 0 Å². The summed E-state index contributed by atoms with van der Waals surface area (Å²) >= 11 is 0. The Hall–Kier alpha value is -1.66. The van der Waals surface area contributed by atoms with Gasteiger partial charge in [-0.1, -0.05) is 263 Å². The highest BCUT2D eigenvalue weighted by Crippen LogP contribution is 2.17. The number of unbranched alkanes of at least 4 members (excludes halogenated alkanes) is 41. The number of allylic oxidation sites excluding steroid dienone is 4. The largest absolute Gasteiger partial charge is 0.466 e. The van der Waals surface area contributed by atoms with Gasteiger partial charge in [0, 0.05) is 12.8 Å². The van der Waals surface area contributed by atoms with Crippen molar-refractivity contribution in [3.8, 4) is 0 Å². The zero-order valence-electron chi connectivity index (χ0n) is 45.1. The maximum atomic E-state index is 12.4. The van der Waals surface area contributed by atoms with E-state index < -0.39 is 12.1 Å². The second kappa shape index (κ2) is 56.9. The molecule has 396 valence electrons. The lowest BCUT2D eigenvalue weighted by Gasteiger charge is -2.22. The van der Waals surface area contributed by atoms with E-state index in [0.717, 1.165) is 44.9 Å². The van der Waals surface area contributed by atoms with E-state index in [0.29, 0.717) is 25.9 Å². The topological polar surface area (TPSA) is 95.9 Å². The molecule has 3 N–H and O–H groups in total. The van der Waals surface area contributed by atoms with Crippen LogP contribution in [0.25, 0.3) is 0 Å². The first-order valence-electron chi connectivity index (χ1n) is 30.1. The van der Waals surface area contributed by atoms with E-state index in [4.69, 9.17) is 4.74 Å². The Morgan fingerprint density at radius 2 is 0.701 bits per heavy atom. The van der Waals surface area contributed by atoms with Gasteiger partial charge in [0.15, 0.2) is 0 Å². The van der Waals surface area contributed by atoms with Crippen LogP contribution in [0.5, 0.6) is 0 Å². The molecule has 0 aromatic rings. The number of hydrogen-bond acceptors (Lipinski definition) is 5. The van der Waals surface area contributed by atoms with Gasteiger partial charge in [-0.3, -0.25) is 9.59 Å². The number of rotatable bonds is 56. The first kappa shape index (κ1) is 65.3. The van der Waals surface area contributed by atoms with Gasteiger partial charge in [0.05, 0.1) is 25.4 Å². The van der Waals surface area contributed by atoms with Gasteiger partial charge in [0.25, 0.3) is 0 Å². The van der Waals surface area contributed by atoms with Crippen LogP contribution >= 0.6 is 0 Å². The summed E-state index contributed by atoms with van der Waals surface area (Å²) in [6, 6.07) is -0.539. The van der Waals surface area contributed by atoms with E-state index in [2.05, 4.69) is 43.5 Å². The maximum absolute atomic E-state index is 12.4. The number of amides is 1. The Bertz CT molecular complexity index is 1040. The van der Waals surface area contributed by atoms with Crippen LogP contribution in [0.4, 0.5) is 0 Å². The van der Waals surface area contributed by atoms with Crippen LogP contribution in [0.3, 0.4) is 0 Å². The lowest BCUT2D eigenvalue weighted by molar-refractivity contribution is -0.143. The van der Waals surface area contributed by atoms with Gasteiger partial charge < -0.3 is 20.3 Å². The quantitative estimate of drug-likeness (QED) is 0.0321. The van der Waals surface area contributed by atoms with E-state index in [1.807, 2.05) is 0 Å². The smallest absolute Gasteiger partial charge is 0.305 e. The molecule has 0 aliphatic carbocycles. The van der Waals surface area contributed by atoms with Crippen molar-refractivity contribution in [3.63, 3.8) is 0 Å². The predicted octanol–water partition coefficient (Wildman–Crippen LogP) is 18.6. The van der Waals surface area contributed by atoms with E-state index in [-0.39, 0.29) is 18.5 Å². The number of carbonyl (C=O) groups excluding carboxylic acids is 2. The number of carbonyl (C=O) groups is 2. The van der Waals surface area contributed by atoms with E-state index >= 15 is 0 Å². The van der Waals surface area contributed by atoms with E-state index in [1.54, 1.807) is 0 Å². The van der Waals surface area contributed by atoms with Crippen molar-refractivity contribution in [1.82, 2.24) is 5.32 Å². The number of nitrogens with one attached hydrogen (secondary N) is 1. The Balaban J connectivity index is 3.35. The first-order chi connectivity index (χ1) is 33.0. The average molecular weight is 945 g/mol. The van der Waals surface area contributed by atoms with E-state index in [1.165, 1.54) is 250 Å². The van der Waals surface area contributed by atoms with Crippen molar-refractivity contribution in [2.45, 2.75) is 341 Å². The highest BCUT2D eigenvalue weighted by atomic mass is 16.5. The number of aliphatic hydroxyl groups excluding tert-OH is 2. The van der Waals surface area contributed by atoms with Crippen LogP contribution in [0.2, 0.25) is 0 Å². The van der Waals surface area contributed by atoms with Gasteiger partial charge in [0.2, 0.25) is 5.91 Å². The average Bonchev–Trinajstić information content (AvgIpc) is 3.33. The van der Waals surface area contributed by atoms with Crippen LogP contribution in [0.1, 0.15) is 328 Å². The molecule has 2 atom stereocenters. The summed E-state index contributed by atoms with van der Waals surface area (Å²) in [5, 5.41) is 23.1. The molecule has 0 aromatic carbocycles. The Labute approximate surface area is 418 Å². The molecule has 0 bridgehead atoms. The summed E-state index contributed by atoms with van der Waals surface area (Å²) in [4.78, 5) is 24.4. The Kier molecular flexibility index (Phi) is 55.5. The van der Waals surface area contributed by atoms with Gasteiger partial charge in [0.1, 0.15) is 0 Å². The van der Waals surface area contributed by atoms with Gasteiger partial charge in [-0.05, 0) is 77.0 Å². The predicted molar refractivity (Wildman–Crippen MR) is 292 cm³/mol. The van der Waals surface area contributed by atoms with Gasteiger partial charge in [-0.15, -0.1) is 0 Å². The summed E-state index contributed by atoms with van der Waals surface area (Å²) in [5.41, 5.74) is 0. The number of esters is 1. The van der Waals surface area contributed by atoms with Gasteiger partial charge >= 0.3 is 5.97 Å². The zero-order chi connectivity index (χ0) is 48.6. The third kappa shape index (κ3) is 53.5. The minimum absolute atomic E-state index is 0.00654. The molecule has 6 nitrogen and oxygen atoms in total. The van der Waals surface area contributed by atoms with Crippen molar-refractivity contribution in [2.75, 3.05) is 13.2 Å². The van der Waals surface area contributed by atoms with Crippen molar-refractivity contribution < 1.29 is 24.5 Å². The van der Waals surface area contributed by atoms with E-state index in [9.17, 15) is 19.8 Å². The fourth-order valence-electron chi connectivity index (χ4n) is 9.34. The van der Waals surface area contributed by atoms with Crippen LogP contribution in [0.15, 0.2) is 24.3 Å². The standard InChI is InChI=1S/C61H117NO5/c1-3-5-7-9-11-13-14-15-32-35-39-43-47-51-55-61(66)67-56-52-48-44-40-36-33-30-28-26-24-22-20-18-16-17-19-21-23-25-27-29-31-34-38-42-46-50-54-60(65)62-58(57-63)59(64)53-49-45-41-37-12-10-8-6-4-2/h14-17,58-59,63-64H,3-13,18-57H2,1-2H3,(H,62,65)/b15-14-,17-16-. The Morgan fingerprint density at radius 3 is 1.06 bits per heavy atom. The molecule has 0 rings (SSSR count). The first-order valence-corrected chi connectivity index (χ1v) is 30.1. The molecular formula is C61H117NO5. The van der Waals surface area contributed by atoms with Crippen LogP contribution < -0.4 is 5.32 Å². The van der Waals surface area contributed by atoms with Crippen LogP contribution in [-0.2, 0) is 14.3 Å². The molecule has 1 amide bonds. The summed E-state index contributed by atoms with van der Waals surface area (Å²) in [5.74, 6) is -0.0310. The molecular weight excluding hydrogens is 827 g/mol. The normalized spacial score (nSPS) is 12.7. The minimum Gasteiger partial charge on any atom is -0.466 e. The molecule has 0 radical (unpaired) electrons. The van der Waals surface area contributed by atoms with Crippen LogP contribution in [-0.4, -0.2) is 47.4 Å². The lowest BCUT2D eigenvalue weighted by Crippen LogP contribution is -2.45. The molecule has 0 spiro atoms. The fourth-order valence-corrected chi connectivity index (χ4v) is 9.34. The summed E-state index contributed by atoms with van der Waals surface area (Å²) < 4.78 is 5.48. The zero-order valence-corrected chi connectivity index (χ0v) is 45.1. The molecule has 67 heavy (non-hydrogen) atoms. The SMILES string of the molecule is CCCCCCC/C=C\CCCCCCCC(=O)OCCCCCCCCCCCCCC/C=C\CCCCCCCCCCCCCC(=O)NC(CO)C(O)CCCCCCCCCCC. The molecule has 0 fully saturated rings. The summed E-state index contributed by atoms with van der Waals surface area (Å²) in [6.45, 7) is 4.93. The molecule has 0 aromatic heterocycles. The molecule has 0 saturated carbocycles. The second-order valence-electron chi connectivity index (χ2n) is 20.7. The minimum atomic E-state index is -0.662. The van der Waals surface area contributed by atoms with Crippen molar-refractivity contribution in [3.05, 3.63) is 24.3 Å². The molecule has 0 saturated heterocycles. The van der Waals surface area contributed by atoms with Crippen molar-refractivity contribution in [2.24, 2.45) is 0 Å².